The maximum atomic E-state index is 12.4. The van der Waals surface area contributed by atoms with Crippen LogP contribution in [0.5, 0.6) is 0 Å². The highest BCUT2D eigenvalue weighted by molar-refractivity contribution is 6.00. The van der Waals surface area contributed by atoms with Crippen molar-refractivity contribution in [2.75, 3.05) is 0 Å². The molecule has 0 aliphatic heterocycles. The van der Waals surface area contributed by atoms with Gasteiger partial charge in [-0.1, -0.05) is 36.4 Å². The monoisotopic (exact) mass is 237 g/mol. The number of hydrogen-bond acceptors (Lipinski definition) is 2. The van der Waals surface area contributed by atoms with Gasteiger partial charge in [-0.3, -0.25) is 9.78 Å². The third-order valence-electron chi connectivity index (χ3n) is 2.87. The van der Waals surface area contributed by atoms with Crippen LogP contribution in [-0.2, 0) is 0 Å². The van der Waals surface area contributed by atoms with Crippen molar-refractivity contribution in [3.63, 3.8) is 0 Å². The predicted molar refractivity (Wildman–Crippen MR) is 72.6 cm³/mol. The van der Waals surface area contributed by atoms with Crippen molar-refractivity contribution < 1.29 is 4.79 Å². The lowest BCUT2D eigenvalue weighted by molar-refractivity contribution is 0.0959. The highest BCUT2D eigenvalue weighted by atomic mass is 16.1. The summed E-state index contributed by atoms with van der Waals surface area (Å²) in [5.74, 6) is -0.0814. The molecule has 0 unspecified atom stereocenters. The summed E-state index contributed by atoms with van der Waals surface area (Å²) in [6.45, 7) is 3.73. The van der Waals surface area contributed by atoms with Crippen molar-refractivity contribution in [2.24, 2.45) is 0 Å². The van der Waals surface area contributed by atoms with E-state index in [1.807, 2.05) is 30.3 Å². The van der Waals surface area contributed by atoms with Gasteiger partial charge < -0.3 is 0 Å². The predicted octanol–water partition coefficient (Wildman–Crippen LogP) is 3.62. The Morgan fingerprint density at radius 3 is 2.61 bits per heavy atom. The number of aromatic nitrogens is 1. The molecule has 1 aromatic heterocycles. The van der Waals surface area contributed by atoms with Crippen LogP contribution in [0.3, 0.4) is 0 Å². The summed E-state index contributed by atoms with van der Waals surface area (Å²) in [5, 5.41) is 0. The van der Waals surface area contributed by atoms with Gasteiger partial charge in [0, 0.05) is 18.0 Å². The number of carbonyl (C=O) groups excluding carboxylic acids is 1. The number of Topliss-reactive ketones (excluding diaryl/α,β-unsaturated/α-hetero) is 1. The average Bonchev–Trinajstić information content (AvgIpc) is 2.46. The first-order valence-electron chi connectivity index (χ1n) is 5.93. The highest BCUT2D eigenvalue weighted by Crippen LogP contribution is 2.24. The van der Waals surface area contributed by atoms with E-state index in [1.165, 1.54) is 0 Å². The lowest BCUT2D eigenvalue weighted by Crippen LogP contribution is -2.12. The molecule has 2 heteroatoms. The van der Waals surface area contributed by atoms with E-state index in [0.29, 0.717) is 12.0 Å². The van der Waals surface area contributed by atoms with E-state index in [2.05, 4.69) is 11.6 Å². The molecule has 1 aromatic carbocycles. The zero-order chi connectivity index (χ0) is 12.8. The number of ketones is 1. The van der Waals surface area contributed by atoms with Crippen LogP contribution in [0, 0.1) is 0 Å². The number of carbonyl (C=O) groups is 1. The molecule has 0 radical (unpaired) electrons. The fraction of sp³-hybridized carbons (Fsp3) is 0.125. The summed E-state index contributed by atoms with van der Waals surface area (Å²) in [4.78, 5) is 16.4. The van der Waals surface area contributed by atoms with Gasteiger partial charge in [-0.05, 0) is 24.1 Å². The zero-order valence-corrected chi connectivity index (χ0v) is 10.1. The molecule has 0 fully saturated rings. The molecular weight excluding hydrogens is 222 g/mol. The Hall–Kier alpha value is -2.22. The number of benzene rings is 1. The van der Waals surface area contributed by atoms with E-state index < -0.39 is 0 Å². The molecule has 2 nitrogen and oxygen atoms in total. The Bertz CT molecular complexity index is 519. The summed E-state index contributed by atoms with van der Waals surface area (Å²) >= 11 is 0. The van der Waals surface area contributed by atoms with Gasteiger partial charge in [0.2, 0.25) is 0 Å². The van der Waals surface area contributed by atoms with Gasteiger partial charge in [0.15, 0.2) is 5.78 Å². The maximum Gasteiger partial charge on any atom is 0.172 e. The van der Waals surface area contributed by atoms with Crippen molar-refractivity contribution in [1.29, 1.82) is 0 Å². The number of hydrogen-bond donors (Lipinski definition) is 0. The summed E-state index contributed by atoms with van der Waals surface area (Å²) in [6, 6.07) is 13.4. The van der Waals surface area contributed by atoms with Crippen molar-refractivity contribution in [2.45, 2.75) is 12.3 Å². The molecule has 2 rings (SSSR count). The Morgan fingerprint density at radius 1 is 1.22 bits per heavy atom. The first kappa shape index (κ1) is 12.2. The number of nitrogens with zero attached hydrogens (tertiary/aromatic N) is 1. The summed E-state index contributed by atoms with van der Waals surface area (Å²) < 4.78 is 0. The van der Waals surface area contributed by atoms with Crippen molar-refractivity contribution >= 4 is 5.78 Å². The van der Waals surface area contributed by atoms with Gasteiger partial charge in [0.25, 0.3) is 0 Å². The number of rotatable bonds is 5. The molecule has 0 aliphatic carbocycles. The van der Waals surface area contributed by atoms with E-state index in [0.717, 1.165) is 5.56 Å². The van der Waals surface area contributed by atoms with E-state index in [-0.39, 0.29) is 11.7 Å². The molecule has 90 valence electrons. The molecule has 2 aromatic rings. The number of pyridine rings is 1. The molecular formula is C16H15NO. The van der Waals surface area contributed by atoms with Crippen LogP contribution in [0.4, 0.5) is 0 Å². The lowest BCUT2D eigenvalue weighted by atomic mass is 9.88. The second-order valence-corrected chi connectivity index (χ2v) is 4.09. The van der Waals surface area contributed by atoms with Gasteiger partial charge >= 0.3 is 0 Å². The Morgan fingerprint density at radius 2 is 2.00 bits per heavy atom. The first-order valence-corrected chi connectivity index (χ1v) is 5.93. The quantitative estimate of drug-likeness (QED) is 0.587. The third-order valence-corrected chi connectivity index (χ3v) is 2.87. The molecule has 18 heavy (non-hydrogen) atoms. The first-order chi connectivity index (χ1) is 8.83. The fourth-order valence-corrected chi connectivity index (χ4v) is 1.96. The summed E-state index contributed by atoms with van der Waals surface area (Å²) in [5.41, 5.74) is 1.67. The lowest BCUT2D eigenvalue weighted by Gasteiger charge is -2.14. The smallest absolute Gasteiger partial charge is 0.172 e. The highest BCUT2D eigenvalue weighted by Gasteiger charge is 2.20. The van der Waals surface area contributed by atoms with E-state index in [1.54, 1.807) is 30.6 Å². The van der Waals surface area contributed by atoms with Crippen molar-refractivity contribution in [1.82, 2.24) is 4.98 Å². The van der Waals surface area contributed by atoms with Gasteiger partial charge in [-0.25, -0.2) is 0 Å². The third kappa shape index (κ3) is 2.72. The van der Waals surface area contributed by atoms with Gasteiger partial charge in [0.1, 0.15) is 0 Å². The molecule has 0 saturated heterocycles. The normalized spacial score (nSPS) is 11.8. The average molecular weight is 237 g/mol. The van der Waals surface area contributed by atoms with Crippen LogP contribution in [0.2, 0.25) is 0 Å². The Balaban J connectivity index is 2.32. The van der Waals surface area contributed by atoms with Crippen LogP contribution >= 0.6 is 0 Å². The minimum absolute atomic E-state index is 0.0919. The molecule has 0 saturated carbocycles. The number of allylic oxidation sites excluding steroid dienone is 1. The van der Waals surface area contributed by atoms with Crippen LogP contribution in [0.25, 0.3) is 0 Å². The zero-order valence-electron chi connectivity index (χ0n) is 10.1. The second-order valence-electron chi connectivity index (χ2n) is 4.09. The largest absolute Gasteiger partial charge is 0.293 e. The van der Waals surface area contributed by atoms with Crippen LogP contribution in [0.15, 0.2) is 67.5 Å². The van der Waals surface area contributed by atoms with E-state index in [4.69, 9.17) is 0 Å². The van der Waals surface area contributed by atoms with E-state index in [9.17, 15) is 4.79 Å². The SMILES string of the molecule is C=CC[C@@H](C(=O)c1cccnc1)c1ccccc1. The minimum atomic E-state index is -0.173. The second kappa shape index (κ2) is 5.92. The van der Waals surface area contributed by atoms with Crippen LogP contribution in [0.1, 0.15) is 28.3 Å². The fourth-order valence-electron chi connectivity index (χ4n) is 1.96. The molecule has 0 bridgehead atoms. The Kier molecular flexibility index (Phi) is 4.02. The molecule has 0 amide bonds. The summed E-state index contributed by atoms with van der Waals surface area (Å²) in [6.07, 6.45) is 5.70. The van der Waals surface area contributed by atoms with Crippen LogP contribution in [-0.4, -0.2) is 10.8 Å². The van der Waals surface area contributed by atoms with Crippen LogP contribution < -0.4 is 0 Å². The Labute approximate surface area is 107 Å². The van der Waals surface area contributed by atoms with Crippen molar-refractivity contribution in [3.05, 3.63) is 78.6 Å². The summed E-state index contributed by atoms with van der Waals surface area (Å²) in [7, 11) is 0. The molecule has 0 aliphatic rings. The molecule has 1 atom stereocenters. The van der Waals surface area contributed by atoms with Gasteiger partial charge in [-0.15, -0.1) is 6.58 Å². The molecule has 0 spiro atoms. The molecule has 0 N–H and O–H groups in total. The maximum absolute atomic E-state index is 12.4. The van der Waals surface area contributed by atoms with Crippen molar-refractivity contribution in [3.8, 4) is 0 Å². The van der Waals surface area contributed by atoms with Gasteiger partial charge in [-0.2, -0.15) is 0 Å². The topological polar surface area (TPSA) is 30.0 Å². The van der Waals surface area contributed by atoms with E-state index >= 15 is 0 Å². The molecule has 1 heterocycles. The van der Waals surface area contributed by atoms with Gasteiger partial charge in [0.05, 0.1) is 5.92 Å². The standard InChI is InChI=1S/C16H15NO/c1-2-7-15(13-8-4-3-5-9-13)16(18)14-10-6-11-17-12-14/h2-6,8-12,15H,1,7H2/t15-/m1/s1. The minimum Gasteiger partial charge on any atom is -0.293 e.